The minimum absolute atomic E-state index is 0.0474. The summed E-state index contributed by atoms with van der Waals surface area (Å²) < 4.78 is 13.4. The summed E-state index contributed by atoms with van der Waals surface area (Å²) in [6.07, 6.45) is 6.61. The molecule has 1 heterocycles. The summed E-state index contributed by atoms with van der Waals surface area (Å²) in [5.74, 6) is 0.505. The number of hydrogen-bond acceptors (Lipinski definition) is 6. The molecule has 0 unspecified atom stereocenters. The van der Waals surface area contributed by atoms with Gasteiger partial charge in [-0.25, -0.2) is 0 Å². The number of nitrogens with one attached hydrogen (secondary N) is 3. The molecular formula is C33H49BN4O4. The van der Waals surface area contributed by atoms with Crippen molar-refractivity contribution in [3.8, 4) is 6.07 Å². The molecule has 4 aliphatic rings. The molecule has 3 aliphatic carbocycles. The first-order valence-corrected chi connectivity index (χ1v) is 15.8. The molecule has 228 valence electrons. The van der Waals surface area contributed by atoms with Crippen molar-refractivity contribution in [1.29, 1.82) is 5.26 Å². The smallest absolute Gasteiger partial charge is 0.404 e. The highest BCUT2D eigenvalue weighted by atomic mass is 16.7. The number of carbonyl (C=O) groups excluding carboxylic acids is 2. The van der Waals surface area contributed by atoms with Crippen LogP contribution in [0.5, 0.6) is 0 Å². The van der Waals surface area contributed by atoms with E-state index in [1.54, 1.807) is 6.08 Å². The first-order valence-electron chi connectivity index (χ1n) is 15.8. The van der Waals surface area contributed by atoms with Crippen molar-refractivity contribution in [2.45, 2.75) is 104 Å². The topological polar surface area (TPSA) is 112 Å². The fourth-order valence-electron chi connectivity index (χ4n) is 7.28. The number of nitriles is 1. The molecule has 4 fully saturated rings. The number of rotatable bonds is 14. The Hall–Kier alpha value is -2.67. The van der Waals surface area contributed by atoms with Gasteiger partial charge in [-0.2, -0.15) is 5.26 Å². The molecule has 2 bridgehead atoms. The minimum Gasteiger partial charge on any atom is -0.404 e. The lowest BCUT2D eigenvalue weighted by atomic mass is 9.43. The van der Waals surface area contributed by atoms with Gasteiger partial charge in [0.1, 0.15) is 11.6 Å². The van der Waals surface area contributed by atoms with Crippen LogP contribution in [0.1, 0.15) is 79.2 Å². The average molecular weight is 577 g/mol. The van der Waals surface area contributed by atoms with E-state index in [1.807, 2.05) is 45.0 Å². The maximum absolute atomic E-state index is 13.7. The lowest BCUT2D eigenvalue weighted by molar-refractivity contribution is -0.199. The summed E-state index contributed by atoms with van der Waals surface area (Å²) in [6, 6.07) is 11.8. The van der Waals surface area contributed by atoms with Gasteiger partial charge < -0.3 is 25.3 Å². The van der Waals surface area contributed by atoms with E-state index in [-0.39, 0.29) is 52.4 Å². The van der Waals surface area contributed by atoms with Crippen LogP contribution in [-0.4, -0.2) is 55.7 Å². The minimum atomic E-state index is -0.509. The summed E-state index contributed by atoms with van der Waals surface area (Å²) in [7, 11) is -0.509. The van der Waals surface area contributed by atoms with E-state index in [1.165, 1.54) is 6.42 Å². The second-order valence-corrected chi connectivity index (χ2v) is 13.4. The molecule has 0 spiro atoms. The maximum Gasteiger partial charge on any atom is 0.482 e. The Kier molecular flexibility index (Phi) is 10.6. The number of hydrogen-bond donors (Lipinski definition) is 3. The zero-order valence-electron chi connectivity index (χ0n) is 26.2. The van der Waals surface area contributed by atoms with E-state index in [0.29, 0.717) is 44.2 Å². The fraction of sp³-hybridized carbons (Fsp3) is 0.667. The van der Waals surface area contributed by atoms with Crippen molar-refractivity contribution in [3.63, 3.8) is 0 Å². The van der Waals surface area contributed by atoms with E-state index in [4.69, 9.17) is 9.31 Å². The largest absolute Gasteiger partial charge is 0.482 e. The molecule has 9 heteroatoms. The molecule has 1 aliphatic heterocycles. The van der Waals surface area contributed by atoms with Crippen LogP contribution in [0.15, 0.2) is 42.0 Å². The molecule has 3 N–H and O–H groups in total. The van der Waals surface area contributed by atoms with E-state index < -0.39 is 7.12 Å². The lowest BCUT2D eigenvalue weighted by Gasteiger charge is -2.64. The molecule has 1 aromatic carbocycles. The molecule has 1 saturated heterocycles. The number of amides is 2. The third kappa shape index (κ3) is 7.10. The first kappa shape index (κ1) is 32.3. The highest BCUT2D eigenvalue weighted by Gasteiger charge is 2.68. The van der Waals surface area contributed by atoms with Crippen LogP contribution >= 0.6 is 0 Å². The van der Waals surface area contributed by atoms with Gasteiger partial charge in [0.25, 0.3) is 5.91 Å². The third-order valence-corrected chi connectivity index (χ3v) is 9.76. The molecule has 5 rings (SSSR count). The predicted molar refractivity (Wildman–Crippen MR) is 165 cm³/mol. The van der Waals surface area contributed by atoms with Gasteiger partial charge >= 0.3 is 7.12 Å². The van der Waals surface area contributed by atoms with Crippen molar-refractivity contribution in [2.24, 2.45) is 23.2 Å². The lowest BCUT2D eigenvalue weighted by Crippen LogP contribution is -2.65. The van der Waals surface area contributed by atoms with Crippen molar-refractivity contribution in [3.05, 3.63) is 47.5 Å². The van der Waals surface area contributed by atoms with Gasteiger partial charge in [-0.05, 0) is 80.7 Å². The Morgan fingerprint density at radius 1 is 1.17 bits per heavy atom. The zero-order chi connectivity index (χ0) is 30.5. The van der Waals surface area contributed by atoms with E-state index in [0.717, 1.165) is 18.4 Å². The highest BCUT2D eigenvalue weighted by Crippen LogP contribution is 2.65. The summed E-state index contributed by atoms with van der Waals surface area (Å²) in [6.45, 7) is 13.9. The molecule has 3 saturated carbocycles. The van der Waals surface area contributed by atoms with Gasteiger partial charge in [0.2, 0.25) is 5.91 Å². The fourth-order valence-corrected chi connectivity index (χ4v) is 7.28. The summed E-state index contributed by atoms with van der Waals surface area (Å²) in [5, 5.41) is 18.7. The van der Waals surface area contributed by atoms with Gasteiger partial charge in [-0.3, -0.25) is 9.59 Å². The second-order valence-electron chi connectivity index (χ2n) is 13.4. The molecule has 42 heavy (non-hydrogen) atoms. The van der Waals surface area contributed by atoms with Crippen LogP contribution in [0.2, 0.25) is 0 Å². The molecular weight excluding hydrogens is 527 g/mol. The van der Waals surface area contributed by atoms with Gasteiger partial charge in [0, 0.05) is 6.54 Å². The number of allylic oxidation sites excluding steroid dienone is 1. The van der Waals surface area contributed by atoms with Gasteiger partial charge in [0.15, 0.2) is 0 Å². The zero-order valence-corrected chi connectivity index (χ0v) is 26.2. The number of unbranched alkanes of at least 4 members (excludes halogenated alkanes) is 1. The molecule has 0 radical (unpaired) electrons. The molecule has 1 aromatic rings. The normalized spacial score (nSPS) is 27.4. The van der Waals surface area contributed by atoms with E-state index in [2.05, 4.69) is 48.9 Å². The van der Waals surface area contributed by atoms with Crippen molar-refractivity contribution in [1.82, 2.24) is 16.0 Å². The predicted octanol–water partition coefficient (Wildman–Crippen LogP) is 4.35. The third-order valence-electron chi connectivity index (χ3n) is 9.76. The van der Waals surface area contributed by atoms with Crippen molar-refractivity contribution < 1.29 is 18.9 Å². The van der Waals surface area contributed by atoms with Gasteiger partial charge in [0.05, 0.1) is 23.7 Å². The number of carbonyl (C=O) groups is 2. The summed E-state index contributed by atoms with van der Waals surface area (Å²) in [5.41, 5.74) is 1.17. The molecule has 6 atom stereocenters. The number of nitrogens with zero attached hydrogens (tertiary/aromatic N) is 1. The Labute approximate surface area is 252 Å². The van der Waals surface area contributed by atoms with Crippen LogP contribution in [0.3, 0.4) is 0 Å². The standard InChI is InChI=1S/C33H49BN4O4/c1-7-36-26(15-11-12-16-37-30(39)24(21-35)17-22(2)3)31(40)38-29(18-23-13-9-8-10-14-23)34-41-28-20-25-19-27(32(25,4)5)33(28,6)42-34/h8-10,13-14,17,22,25-29,36H,7,11-12,15-16,18-20H2,1-6H3,(H,37,39)(H,38,40)/t25-,26-,27-,28+,29-,33-/m0/s1. The van der Waals surface area contributed by atoms with E-state index in [9.17, 15) is 14.9 Å². The van der Waals surface area contributed by atoms with Crippen molar-refractivity contribution >= 4 is 18.9 Å². The van der Waals surface area contributed by atoms with Crippen molar-refractivity contribution in [2.75, 3.05) is 13.1 Å². The van der Waals surface area contributed by atoms with Gasteiger partial charge in [-0.1, -0.05) is 71.0 Å². The number of benzene rings is 1. The summed E-state index contributed by atoms with van der Waals surface area (Å²) in [4.78, 5) is 26.0. The molecule has 8 nitrogen and oxygen atoms in total. The maximum atomic E-state index is 13.7. The van der Waals surface area contributed by atoms with Crippen LogP contribution < -0.4 is 16.0 Å². The monoisotopic (exact) mass is 576 g/mol. The first-order chi connectivity index (χ1) is 20.0. The van der Waals surface area contributed by atoms with E-state index >= 15 is 0 Å². The Morgan fingerprint density at radius 2 is 1.90 bits per heavy atom. The summed E-state index contributed by atoms with van der Waals surface area (Å²) >= 11 is 0. The quantitative estimate of drug-likeness (QED) is 0.131. The molecule has 0 aromatic heterocycles. The Bertz CT molecular complexity index is 1170. The van der Waals surface area contributed by atoms with Gasteiger partial charge in [-0.15, -0.1) is 0 Å². The Morgan fingerprint density at radius 3 is 2.55 bits per heavy atom. The SMILES string of the molecule is CCN[C@@H](CCCCNC(=O)C(C#N)=CC(C)C)C(=O)N[C@@H](Cc1ccccc1)B1O[C@@H]2C[C@@H]3C[C@@H](C3(C)C)[C@]2(C)O1. The molecule has 2 amide bonds. The van der Waals surface area contributed by atoms with Crippen LogP contribution in [0, 0.1) is 34.5 Å². The number of likely N-dealkylation sites (N-methyl/N-ethyl adjacent to an activating group) is 1. The highest BCUT2D eigenvalue weighted by molar-refractivity contribution is 6.48. The van der Waals surface area contributed by atoms with Crippen LogP contribution in [-0.2, 0) is 25.3 Å². The average Bonchev–Trinajstić information content (AvgIpc) is 3.32. The van der Waals surface area contributed by atoms with Crippen LogP contribution in [0.4, 0.5) is 0 Å². The second kappa shape index (κ2) is 13.8. The van der Waals surface area contributed by atoms with Crippen LogP contribution in [0.25, 0.3) is 0 Å². The Balaban J connectivity index is 1.37.